The molecule has 4 heteroatoms. The minimum Gasteiger partial charge on any atom is -0.391 e. The molecule has 94 valence electrons. The number of hydrogen-bond donors (Lipinski definition) is 3. The molecule has 0 radical (unpaired) electrons. The zero-order valence-electron chi connectivity index (χ0n) is 10.5. The molecule has 1 atom stereocenters. The van der Waals surface area contributed by atoms with Crippen LogP contribution in [0, 0.1) is 5.41 Å². The number of nitrogens with one attached hydrogen (secondary N) is 1. The van der Waals surface area contributed by atoms with Crippen LogP contribution in [0.25, 0.3) is 0 Å². The summed E-state index contributed by atoms with van der Waals surface area (Å²) in [6, 6.07) is 0. The largest absolute Gasteiger partial charge is 0.391 e. The molecule has 4 N–H and O–H groups in total. The van der Waals surface area contributed by atoms with Gasteiger partial charge in [0.25, 0.3) is 0 Å². The highest BCUT2D eigenvalue weighted by Gasteiger charge is 2.38. The second-order valence-electron chi connectivity index (χ2n) is 5.68. The summed E-state index contributed by atoms with van der Waals surface area (Å²) in [5.41, 5.74) is 5.17. The highest BCUT2D eigenvalue weighted by atomic mass is 16.3. The zero-order valence-corrected chi connectivity index (χ0v) is 10.5. The lowest BCUT2D eigenvalue weighted by Crippen LogP contribution is -2.53. The number of carbonyl (C=O) groups is 1. The first-order chi connectivity index (χ1) is 7.31. The predicted octanol–water partition coefficient (Wildman–Crippen LogP) is 0.781. The Morgan fingerprint density at radius 2 is 2.12 bits per heavy atom. The monoisotopic (exact) mass is 228 g/mol. The Balaban J connectivity index is 2.47. The van der Waals surface area contributed by atoms with Gasteiger partial charge in [0.1, 0.15) is 0 Å². The zero-order chi connectivity index (χ0) is 12.4. The van der Waals surface area contributed by atoms with Gasteiger partial charge in [0, 0.05) is 6.42 Å². The first kappa shape index (κ1) is 13.5. The third-order valence-corrected chi connectivity index (χ3v) is 3.89. The van der Waals surface area contributed by atoms with Crippen molar-refractivity contribution in [3.63, 3.8) is 0 Å². The summed E-state index contributed by atoms with van der Waals surface area (Å²) in [6.45, 7) is 5.91. The molecule has 1 fully saturated rings. The fraction of sp³-hybridized carbons (Fsp3) is 0.917. The first-order valence-electron chi connectivity index (χ1n) is 6.00. The van der Waals surface area contributed by atoms with Gasteiger partial charge in [-0.2, -0.15) is 0 Å². The van der Waals surface area contributed by atoms with Crippen LogP contribution >= 0.6 is 0 Å². The van der Waals surface area contributed by atoms with Crippen LogP contribution < -0.4 is 11.1 Å². The highest BCUT2D eigenvalue weighted by molar-refractivity contribution is 5.77. The Bertz CT molecular complexity index is 246. The lowest BCUT2D eigenvalue weighted by Gasteiger charge is -2.41. The molecule has 1 aliphatic carbocycles. The standard InChI is InChI=1S/C12H24N2O2/c1-9(15)11(2,3)14-10(16)7-12(8-13)5-4-6-12/h9,15H,4-8,13H2,1-3H3,(H,14,16). The SMILES string of the molecule is CC(O)C(C)(C)NC(=O)CC1(CN)CCC1. The number of nitrogens with two attached hydrogens (primary N) is 1. The Hall–Kier alpha value is -0.610. The molecule has 0 aromatic rings. The minimum atomic E-state index is -0.573. The van der Waals surface area contributed by atoms with Crippen LogP contribution in [0.2, 0.25) is 0 Å². The lowest BCUT2D eigenvalue weighted by molar-refractivity contribution is -0.127. The molecule has 1 amide bonds. The molecule has 0 saturated heterocycles. The van der Waals surface area contributed by atoms with Crippen molar-refractivity contribution in [3.05, 3.63) is 0 Å². The van der Waals surface area contributed by atoms with E-state index >= 15 is 0 Å². The van der Waals surface area contributed by atoms with Crippen molar-refractivity contribution in [2.45, 2.75) is 58.1 Å². The Morgan fingerprint density at radius 1 is 1.56 bits per heavy atom. The maximum atomic E-state index is 11.9. The van der Waals surface area contributed by atoms with Gasteiger partial charge in [-0.05, 0) is 45.6 Å². The molecule has 0 aliphatic heterocycles. The van der Waals surface area contributed by atoms with Crippen LogP contribution in [0.15, 0.2) is 0 Å². The van der Waals surface area contributed by atoms with E-state index in [1.54, 1.807) is 6.92 Å². The Kier molecular flexibility index (Phi) is 3.97. The fourth-order valence-corrected chi connectivity index (χ4v) is 1.98. The van der Waals surface area contributed by atoms with Crippen LogP contribution in [0.3, 0.4) is 0 Å². The third kappa shape index (κ3) is 2.95. The van der Waals surface area contributed by atoms with Crippen LogP contribution in [0.5, 0.6) is 0 Å². The molecule has 1 unspecified atom stereocenters. The van der Waals surface area contributed by atoms with E-state index in [1.165, 1.54) is 6.42 Å². The molecule has 0 aromatic heterocycles. The minimum absolute atomic E-state index is 0.00366. The number of rotatable bonds is 5. The van der Waals surface area contributed by atoms with Crippen molar-refractivity contribution in [1.29, 1.82) is 0 Å². The van der Waals surface area contributed by atoms with Gasteiger partial charge in [-0.3, -0.25) is 4.79 Å². The van der Waals surface area contributed by atoms with E-state index < -0.39 is 11.6 Å². The van der Waals surface area contributed by atoms with Crippen molar-refractivity contribution in [3.8, 4) is 0 Å². The van der Waals surface area contributed by atoms with Crippen molar-refractivity contribution in [2.24, 2.45) is 11.1 Å². The van der Waals surface area contributed by atoms with Crippen molar-refractivity contribution in [2.75, 3.05) is 6.54 Å². The molecular formula is C12H24N2O2. The molecular weight excluding hydrogens is 204 g/mol. The van der Waals surface area contributed by atoms with E-state index in [9.17, 15) is 9.90 Å². The van der Waals surface area contributed by atoms with Gasteiger partial charge in [0.2, 0.25) is 5.91 Å². The van der Waals surface area contributed by atoms with E-state index in [-0.39, 0.29) is 11.3 Å². The highest BCUT2D eigenvalue weighted by Crippen LogP contribution is 2.42. The molecule has 0 heterocycles. The number of aliphatic hydroxyl groups is 1. The van der Waals surface area contributed by atoms with Crippen molar-refractivity contribution in [1.82, 2.24) is 5.32 Å². The normalized spacial score (nSPS) is 21.1. The summed E-state index contributed by atoms with van der Waals surface area (Å²) in [4.78, 5) is 11.9. The summed E-state index contributed by atoms with van der Waals surface area (Å²) < 4.78 is 0. The van der Waals surface area contributed by atoms with Gasteiger partial charge < -0.3 is 16.2 Å². The van der Waals surface area contributed by atoms with Crippen LogP contribution in [-0.2, 0) is 4.79 Å². The number of amides is 1. The lowest BCUT2D eigenvalue weighted by atomic mass is 9.66. The van der Waals surface area contributed by atoms with E-state index in [0.29, 0.717) is 13.0 Å². The number of aliphatic hydroxyl groups excluding tert-OH is 1. The predicted molar refractivity (Wildman–Crippen MR) is 63.9 cm³/mol. The van der Waals surface area contributed by atoms with Gasteiger partial charge >= 0.3 is 0 Å². The van der Waals surface area contributed by atoms with E-state index in [2.05, 4.69) is 5.32 Å². The van der Waals surface area contributed by atoms with Crippen LogP contribution in [0.1, 0.15) is 46.5 Å². The summed E-state index contributed by atoms with van der Waals surface area (Å²) in [6.07, 6.45) is 3.19. The topological polar surface area (TPSA) is 75.3 Å². The molecule has 0 aromatic carbocycles. The molecule has 1 rings (SSSR count). The Morgan fingerprint density at radius 3 is 2.44 bits per heavy atom. The quantitative estimate of drug-likeness (QED) is 0.651. The van der Waals surface area contributed by atoms with E-state index in [4.69, 9.17) is 5.73 Å². The summed E-state index contributed by atoms with van der Waals surface area (Å²) in [7, 11) is 0. The molecule has 16 heavy (non-hydrogen) atoms. The Labute approximate surface area is 97.6 Å². The molecule has 1 saturated carbocycles. The second-order valence-corrected chi connectivity index (χ2v) is 5.68. The number of hydrogen-bond acceptors (Lipinski definition) is 3. The van der Waals surface area contributed by atoms with Gasteiger partial charge in [-0.15, -0.1) is 0 Å². The van der Waals surface area contributed by atoms with Gasteiger partial charge in [-0.1, -0.05) is 6.42 Å². The maximum Gasteiger partial charge on any atom is 0.221 e. The first-order valence-corrected chi connectivity index (χ1v) is 6.00. The molecule has 0 spiro atoms. The number of carbonyl (C=O) groups excluding carboxylic acids is 1. The molecule has 4 nitrogen and oxygen atoms in total. The third-order valence-electron chi connectivity index (χ3n) is 3.89. The fourth-order valence-electron chi connectivity index (χ4n) is 1.98. The van der Waals surface area contributed by atoms with Crippen molar-refractivity contribution >= 4 is 5.91 Å². The van der Waals surface area contributed by atoms with Gasteiger partial charge in [0.05, 0.1) is 11.6 Å². The summed E-state index contributed by atoms with van der Waals surface area (Å²) in [5.74, 6) is -0.00366. The summed E-state index contributed by atoms with van der Waals surface area (Å²) >= 11 is 0. The van der Waals surface area contributed by atoms with E-state index in [1.807, 2.05) is 13.8 Å². The van der Waals surface area contributed by atoms with Crippen molar-refractivity contribution < 1.29 is 9.90 Å². The van der Waals surface area contributed by atoms with Gasteiger partial charge in [-0.25, -0.2) is 0 Å². The average molecular weight is 228 g/mol. The van der Waals surface area contributed by atoms with Crippen LogP contribution in [-0.4, -0.2) is 29.2 Å². The van der Waals surface area contributed by atoms with Crippen LogP contribution in [0.4, 0.5) is 0 Å². The maximum absolute atomic E-state index is 11.9. The molecule has 0 bridgehead atoms. The second kappa shape index (κ2) is 4.72. The van der Waals surface area contributed by atoms with Gasteiger partial charge in [0.15, 0.2) is 0 Å². The average Bonchev–Trinajstić information content (AvgIpc) is 2.10. The summed E-state index contributed by atoms with van der Waals surface area (Å²) in [5, 5.41) is 12.4. The van der Waals surface area contributed by atoms with E-state index in [0.717, 1.165) is 12.8 Å². The molecule has 1 aliphatic rings. The smallest absolute Gasteiger partial charge is 0.221 e.